The minimum atomic E-state index is -1.06. The Hall–Kier alpha value is -2.08. The fourth-order valence-corrected chi connectivity index (χ4v) is 4.81. The highest BCUT2D eigenvalue weighted by atomic mass is 16.4. The number of carbonyl (C=O) groups is 2. The number of fused-ring (bicyclic) bond motifs is 1. The van der Waals surface area contributed by atoms with E-state index < -0.39 is 12.1 Å². The maximum absolute atomic E-state index is 12.9. The van der Waals surface area contributed by atoms with Crippen LogP contribution in [0.15, 0.2) is 30.3 Å². The number of carbonyl (C=O) groups excluding carboxylic acids is 1. The number of rotatable bonds is 7. The minimum Gasteiger partial charge on any atom is -0.465 e. The fraction of sp³-hybridized carbons (Fsp3) is 0.636. The predicted molar refractivity (Wildman–Crippen MR) is 109 cm³/mol. The quantitative estimate of drug-likeness (QED) is 0.754. The molecule has 0 bridgehead atoms. The van der Waals surface area contributed by atoms with E-state index in [1.54, 1.807) is 0 Å². The topological polar surface area (TPSA) is 72.9 Å². The Balaban J connectivity index is 1.59. The van der Waals surface area contributed by atoms with Crippen LogP contribution in [0, 0.1) is 17.8 Å². The fourth-order valence-electron chi connectivity index (χ4n) is 4.81. The van der Waals surface area contributed by atoms with E-state index in [0.29, 0.717) is 18.3 Å². The van der Waals surface area contributed by atoms with Crippen LogP contribution in [0.1, 0.15) is 38.7 Å². The third-order valence-electron chi connectivity index (χ3n) is 6.28. The SMILES string of the molecule is CC(C)CC(C(=O)N[C@H]1CC[C@@H]2CN(Cc3ccccc3)C[C@@H]21)N(C)C(=O)O. The van der Waals surface area contributed by atoms with Gasteiger partial charge in [0.05, 0.1) is 0 Å². The van der Waals surface area contributed by atoms with Crippen molar-refractivity contribution in [3.63, 3.8) is 0 Å². The molecule has 1 aromatic carbocycles. The summed E-state index contributed by atoms with van der Waals surface area (Å²) in [6.45, 7) is 7.05. The van der Waals surface area contributed by atoms with Crippen LogP contribution in [-0.2, 0) is 11.3 Å². The van der Waals surface area contributed by atoms with Crippen LogP contribution >= 0.6 is 0 Å². The maximum atomic E-state index is 12.9. The normalized spacial score (nSPS) is 25.5. The van der Waals surface area contributed by atoms with E-state index in [0.717, 1.165) is 37.4 Å². The molecule has 154 valence electrons. The first-order valence-corrected chi connectivity index (χ1v) is 10.4. The van der Waals surface area contributed by atoms with Crippen LogP contribution in [0.3, 0.4) is 0 Å². The van der Waals surface area contributed by atoms with Crippen molar-refractivity contribution in [2.24, 2.45) is 17.8 Å². The molecule has 6 heteroatoms. The molecule has 2 N–H and O–H groups in total. The number of benzene rings is 1. The lowest BCUT2D eigenvalue weighted by Crippen LogP contribution is -2.51. The van der Waals surface area contributed by atoms with Gasteiger partial charge in [0.15, 0.2) is 0 Å². The summed E-state index contributed by atoms with van der Waals surface area (Å²) in [6.07, 6.45) is 1.60. The van der Waals surface area contributed by atoms with Gasteiger partial charge in [0.2, 0.25) is 5.91 Å². The van der Waals surface area contributed by atoms with Gasteiger partial charge in [0.1, 0.15) is 6.04 Å². The molecule has 1 aliphatic heterocycles. The number of amides is 2. The lowest BCUT2D eigenvalue weighted by Gasteiger charge is -2.29. The van der Waals surface area contributed by atoms with Crippen molar-refractivity contribution in [1.82, 2.24) is 15.1 Å². The molecular weight excluding hydrogens is 354 g/mol. The van der Waals surface area contributed by atoms with Crippen LogP contribution in [0.2, 0.25) is 0 Å². The summed E-state index contributed by atoms with van der Waals surface area (Å²) < 4.78 is 0. The van der Waals surface area contributed by atoms with Crippen molar-refractivity contribution in [3.05, 3.63) is 35.9 Å². The van der Waals surface area contributed by atoms with Gasteiger partial charge in [-0.05, 0) is 42.6 Å². The standard InChI is InChI=1S/C22H33N3O3/c1-15(2)11-20(24(3)22(27)28)21(26)23-19-10-9-17-13-25(14-18(17)19)12-16-7-5-4-6-8-16/h4-8,15,17-20H,9-14H2,1-3H3,(H,23,26)(H,27,28)/t17-,18+,19+,20?/m1/s1. The molecule has 1 saturated carbocycles. The minimum absolute atomic E-state index is 0.147. The molecule has 3 rings (SSSR count). The molecule has 4 atom stereocenters. The number of hydrogen-bond acceptors (Lipinski definition) is 3. The van der Waals surface area contributed by atoms with Gasteiger partial charge in [0, 0.05) is 32.7 Å². The zero-order valence-electron chi connectivity index (χ0n) is 17.2. The molecule has 1 aromatic rings. The van der Waals surface area contributed by atoms with Gasteiger partial charge in [0.25, 0.3) is 0 Å². The first-order valence-electron chi connectivity index (χ1n) is 10.4. The molecule has 0 spiro atoms. The summed E-state index contributed by atoms with van der Waals surface area (Å²) in [6, 6.07) is 10.0. The van der Waals surface area contributed by atoms with Crippen LogP contribution in [0.4, 0.5) is 4.79 Å². The average molecular weight is 388 g/mol. The predicted octanol–water partition coefficient (Wildman–Crippen LogP) is 3.04. The van der Waals surface area contributed by atoms with Crippen LogP contribution in [0.5, 0.6) is 0 Å². The first-order chi connectivity index (χ1) is 13.3. The third kappa shape index (κ3) is 4.85. The van der Waals surface area contributed by atoms with E-state index in [1.165, 1.54) is 12.6 Å². The van der Waals surface area contributed by atoms with E-state index in [-0.39, 0.29) is 17.9 Å². The molecule has 2 aliphatic rings. The monoisotopic (exact) mass is 387 g/mol. The Morgan fingerprint density at radius 3 is 2.57 bits per heavy atom. The zero-order valence-corrected chi connectivity index (χ0v) is 17.2. The maximum Gasteiger partial charge on any atom is 0.407 e. The van der Waals surface area contributed by atoms with Gasteiger partial charge in [-0.3, -0.25) is 14.6 Å². The molecule has 0 radical (unpaired) electrons. The second-order valence-electron chi connectivity index (χ2n) is 8.83. The highest BCUT2D eigenvalue weighted by Crippen LogP contribution is 2.38. The molecule has 2 fully saturated rings. The molecule has 1 unspecified atom stereocenters. The molecule has 1 aliphatic carbocycles. The van der Waals surface area contributed by atoms with Crippen molar-refractivity contribution in [2.45, 2.75) is 51.7 Å². The lowest BCUT2D eigenvalue weighted by atomic mass is 9.96. The Labute approximate surface area is 167 Å². The number of hydrogen-bond donors (Lipinski definition) is 2. The highest BCUT2D eigenvalue weighted by molar-refractivity contribution is 5.85. The summed E-state index contributed by atoms with van der Waals surface area (Å²) in [5, 5.41) is 12.5. The Bertz CT molecular complexity index is 679. The molecule has 1 heterocycles. The molecule has 2 amide bonds. The van der Waals surface area contributed by atoms with Crippen molar-refractivity contribution < 1.29 is 14.7 Å². The second kappa shape index (κ2) is 8.95. The molecular formula is C22H33N3O3. The van der Waals surface area contributed by atoms with Gasteiger partial charge in [-0.1, -0.05) is 44.2 Å². The zero-order chi connectivity index (χ0) is 20.3. The second-order valence-corrected chi connectivity index (χ2v) is 8.83. The van der Waals surface area contributed by atoms with E-state index in [1.807, 2.05) is 19.9 Å². The Kier molecular flexibility index (Phi) is 6.60. The van der Waals surface area contributed by atoms with E-state index >= 15 is 0 Å². The van der Waals surface area contributed by atoms with Crippen molar-refractivity contribution >= 4 is 12.0 Å². The lowest BCUT2D eigenvalue weighted by molar-refractivity contribution is -0.127. The van der Waals surface area contributed by atoms with Gasteiger partial charge < -0.3 is 10.4 Å². The number of nitrogens with zero attached hydrogens (tertiary/aromatic N) is 2. The highest BCUT2D eigenvalue weighted by Gasteiger charge is 2.43. The number of nitrogens with one attached hydrogen (secondary N) is 1. The van der Waals surface area contributed by atoms with E-state index in [9.17, 15) is 14.7 Å². The molecule has 1 saturated heterocycles. The first kappa shape index (κ1) is 20.6. The van der Waals surface area contributed by atoms with Crippen LogP contribution in [0.25, 0.3) is 0 Å². The Morgan fingerprint density at radius 1 is 1.21 bits per heavy atom. The summed E-state index contributed by atoms with van der Waals surface area (Å²) in [5.41, 5.74) is 1.32. The summed E-state index contributed by atoms with van der Waals surface area (Å²) >= 11 is 0. The Morgan fingerprint density at radius 2 is 1.93 bits per heavy atom. The number of likely N-dealkylation sites (tertiary alicyclic amines) is 1. The summed E-state index contributed by atoms with van der Waals surface area (Å²) in [4.78, 5) is 27.9. The number of carboxylic acid groups (broad SMARTS) is 1. The van der Waals surface area contributed by atoms with Crippen molar-refractivity contribution in [2.75, 3.05) is 20.1 Å². The van der Waals surface area contributed by atoms with Crippen molar-refractivity contribution in [1.29, 1.82) is 0 Å². The van der Waals surface area contributed by atoms with Gasteiger partial charge in [-0.2, -0.15) is 0 Å². The molecule has 28 heavy (non-hydrogen) atoms. The van der Waals surface area contributed by atoms with Gasteiger partial charge >= 0.3 is 6.09 Å². The van der Waals surface area contributed by atoms with Gasteiger partial charge in [-0.25, -0.2) is 4.79 Å². The van der Waals surface area contributed by atoms with E-state index in [2.05, 4.69) is 34.5 Å². The summed E-state index contributed by atoms with van der Waals surface area (Å²) in [7, 11) is 1.49. The van der Waals surface area contributed by atoms with Crippen molar-refractivity contribution in [3.8, 4) is 0 Å². The molecule has 0 aromatic heterocycles. The average Bonchev–Trinajstić information content (AvgIpc) is 3.21. The summed E-state index contributed by atoms with van der Waals surface area (Å²) in [5.74, 6) is 1.18. The smallest absolute Gasteiger partial charge is 0.407 e. The number of likely N-dealkylation sites (N-methyl/N-ethyl adjacent to an activating group) is 1. The van der Waals surface area contributed by atoms with Gasteiger partial charge in [-0.15, -0.1) is 0 Å². The molecule has 6 nitrogen and oxygen atoms in total. The largest absolute Gasteiger partial charge is 0.465 e. The van der Waals surface area contributed by atoms with Crippen LogP contribution in [-0.4, -0.2) is 59.1 Å². The van der Waals surface area contributed by atoms with Crippen LogP contribution < -0.4 is 5.32 Å². The van der Waals surface area contributed by atoms with E-state index in [4.69, 9.17) is 0 Å². The third-order valence-corrected chi connectivity index (χ3v) is 6.28.